The number of hydrogen-bond donors (Lipinski definition) is 2. The first-order valence-electron chi connectivity index (χ1n) is 11.1. The Balaban J connectivity index is 0.000000775. The number of tetrazole rings is 1. The summed E-state index contributed by atoms with van der Waals surface area (Å²) in [6.07, 6.45) is 8.25. The van der Waals surface area contributed by atoms with Gasteiger partial charge in [-0.3, -0.25) is 14.5 Å². The van der Waals surface area contributed by atoms with Crippen molar-refractivity contribution in [1.29, 1.82) is 0 Å². The van der Waals surface area contributed by atoms with E-state index in [1.54, 1.807) is 10.9 Å². The Kier molecular flexibility index (Phi) is 7.10. The monoisotopic (exact) mass is 446 g/mol. The maximum Gasteiger partial charge on any atom is 0.290 e. The molecule has 2 N–H and O–H groups in total. The summed E-state index contributed by atoms with van der Waals surface area (Å²) in [6, 6.07) is 0. The zero-order chi connectivity index (χ0) is 22.4. The van der Waals surface area contributed by atoms with Gasteiger partial charge in [-0.05, 0) is 36.1 Å². The van der Waals surface area contributed by atoms with E-state index in [4.69, 9.17) is 14.6 Å². The third-order valence-electron chi connectivity index (χ3n) is 6.52. The molecule has 0 bridgehead atoms. The summed E-state index contributed by atoms with van der Waals surface area (Å²) in [6.45, 7) is 5.34. The highest BCUT2D eigenvalue weighted by molar-refractivity contribution is 5.83. The fourth-order valence-corrected chi connectivity index (χ4v) is 4.91. The lowest BCUT2D eigenvalue weighted by molar-refractivity contribution is -0.152. The molecular weight excluding hydrogens is 416 g/mol. The minimum absolute atomic E-state index is 0.160. The van der Waals surface area contributed by atoms with Gasteiger partial charge in [0.25, 0.3) is 6.47 Å². The molecule has 1 amide bonds. The molecule has 1 spiro atoms. The Labute approximate surface area is 185 Å². The van der Waals surface area contributed by atoms with Crippen molar-refractivity contribution < 1.29 is 19.4 Å². The number of aromatic amines is 1. The molecule has 0 aliphatic carbocycles. The molecule has 1 atom stereocenters. The Hall–Kier alpha value is -2.86. The molecule has 12 heteroatoms. The van der Waals surface area contributed by atoms with Gasteiger partial charge in [-0.25, -0.2) is 9.67 Å². The van der Waals surface area contributed by atoms with E-state index in [1.165, 1.54) is 0 Å². The SMILES string of the molecule is O=C(C1CCCCn2nnnc21)N1CCC2(CC1)CN(Cc1ncc[nH]1)CCO2.O=CO. The zero-order valence-corrected chi connectivity index (χ0v) is 18.1. The number of amides is 1. The number of aromatic nitrogens is 6. The van der Waals surface area contributed by atoms with Crippen LogP contribution in [0.4, 0.5) is 0 Å². The number of ether oxygens (including phenoxy) is 1. The number of piperidine rings is 1. The number of H-pyrrole nitrogens is 1. The minimum Gasteiger partial charge on any atom is -0.483 e. The van der Waals surface area contributed by atoms with Crippen LogP contribution in [0.2, 0.25) is 0 Å². The summed E-state index contributed by atoms with van der Waals surface area (Å²) in [5.41, 5.74) is -0.160. The summed E-state index contributed by atoms with van der Waals surface area (Å²) in [5.74, 6) is 1.66. The lowest BCUT2D eigenvalue weighted by atomic mass is 9.88. The molecule has 174 valence electrons. The molecule has 2 aromatic heterocycles. The van der Waals surface area contributed by atoms with E-state index in [-0.39, 0.29) is 23.9 Å². The predicted molar refractivity (Wildman–Crippen MR) is 111 cm³/mol. The Morgan fingerprint density at radius 1 is 1.28 bits per heavy atom. The number of imidazole rings is 1. The van der Waals surface area contributed by atoms with Crippen LogP contribution in [0.1, 0.15) is 49.7 Å². The van der Waals surface area contributed by atoms with E-state index >= 15 is 0 Å². The van der Waals surface area contributed by atoms with Crippen LogP contribution in [0.3, 0.4) is 0 Å². The summed E-state index contributed by atoms with van der Waals surface area (Å²) in [7, 11) is 0. The summed E-state index contributed by atoms with van der Waals surface area (Å²) < 4.78 is 8.05. The first kappa shape index (κ1) is 22.3. The number of rotatable bonds is 3. The number of morpholine rings is 1. The fourth-order valence-electron chi connectivity index (χ4n) is 4.91. The third-order valence-corrected chi connectivity index (χ3v) is 6.52. The van der Waals surface area contributed by atoms with Gasteiger partial charge in [0.1, 0.15) is 5.82 Å². The van der Waals surface area contributed by atoms with Crippen LogP contribution < -0.4 is 0 Å². The van der Waals surface area contributed by atoms with Crippen molar-refractivity contribution in [3.05, 3.63) is 24.0 Å². The van der Waals surface area contributed by atoms with E-state index in [0.29, 0.717) is 0 Å². The number of likely N-dealkylation sites (tertiary alicyclic amines) is 1. The molecule has 3 aliphatic heterocycles. The molecule has 12 nitrogen and oxygen atoms in total. The normalized spacial score (nSPS) is 23.0. The topological polar surface area (TPSA) is 142 Å². The molecule has 0 radical (unpaired) electrons. The van der Waals surface area contributed by atoms with Crippen molar-refractivity contribution in [3.63, 3.8) is 0 Å². The average Bonchev–Trinajstić information content (AvgIpc) is 3.43. The minimum atomic E-state index is -0.250. The highest BCUT2D eigenvalue weighted by atomic mass is 16.5. The molecule has 0 saturated carbocycles. The van der Waals surface area contributed by atoms with Gasteiger partial charge < -0.3 is 19.7 Å². The molecule has 5 rings (SSSR count). The van der Waals surface area contributed by atoms with Crippen molar-refractivity contribution >= 4 is 12.4 Å². The van der Waals surface area contributed by atoms with E-state index in [0.717, 1.165) is 89.6 Å². The Bertz CT molecular complexity index is 878. The fraction of sp³-hybridized carbons (Fsp3) is 0.700. The number of nitrogens with one attached hydrogen (secondary N) is 1. The number of nitrogens with zero attached hydrogens (tertiary/aromatic N) is 7. The van der Waals surface area contributed by atoms with Crippen LogP contribution in [0, 0.1) is 0 Å². The summed E-state index contributed by atoms with van der Waals surface area (Å²) >= 11 is 0. The molecular formula is C20H30N8O4. The standard InChI is InChI=1S/C19H28N8O2.CH2O2/c28-18(15-3-1-2-8-27-17(15)22-23-24-27)26-9-4-19(5-10-26)14-25(11-12-29-19)13-16-20-6-7-21-16;2-1-3/h6-7,15H,1-5,8-14H2,(H,20,21);1H,(H,2,3). The van der Waals surface area contributed by atoms with Gasteiger partial charge in [0.05, 0.1) is 24.7 Å². The maximum absolute atomic E-state index is 13.3. The molecule has 3 aliphatic rings. The van der Waals surface area contributed by atoms with Gasteiger partial charge in [0.15, 0.2) is 5.82 Å². The molecule has 2 fully saturated rings. The van der Waals surface area contributed by atoms with Crippen LogP contribution in [0.25, 0.3) is 0 Å². The smallest absolute Gasteiger partial charge is 0.290 e. The van der Waals surface area contributed by atoms with E-state index in [9.17, 15) is 4.79 Å². The van der Waals surface area contributed by atoms with Crippen molar-refractivity contribution in [2.75, 3.05) is 32.8 Å². The quantitative estimate of drug-likeness (QED) is 0.635. The van der Waals surface area contributed by atoms with Crippen molar-refractivity contribution in [2.24, 2.45) is 0 Å². The van der Waals surface area contributed by atoms with Gasteiger partial charge in [0.2, 0.25) is 5.91 Å². The average molecular weight is 447 g/mol. The largest absolute Gasteiger partial charge is 0.483 e. The molecule has 32 heavy (non-hydrogen) atoms. The number of carbonyl (C=O) groups is 2. The van der Waals surface area contributed by atoms with Gasteiger partial charge in [-0.2, -0.15) is 0 Å². The van der Waals surface area contributed by atoms with E-state index in [1.807, 2.05) is 11.1 Å². The third kappa shape index (κ3) is 4.96. The van der Waals surface area contributed by atoms with Gasteiger partial charge >= 0.3 is 0 Å². The molecule has 5 heterocycles. The second-order valence-corrected chi connectivity index (χ2v) is 8.52. The summed E-state index contributed by atoms with van der Waals surface area (Å²) in [5, 5.41) is 18.9. The lowest BCUT2D eigenvalue weighted by Gasteiger charge is -2.47. The molecule has 2 saturated heterocycles. The van der Waals surface area contributed by atoms with Crippen LogP contribution in [0.15, 0.2) is 12.4 Å². The van der Waals surface area contributed by atoms with Crippen LogP contribution in [-0.4, -0.2) is 95.8 Å². The first-order chi connectivity index (χ1) is 15.6. The Morgan fingerprint density at radius 2 is 2.09 bits per heavy atom. The number of aryl methyl sites for hydroxylation is 1. The van der Waals surface area contributed by atoms with Gasteiger partial charge in [-0.15, -0.1) is 5.10 Å². The Morgan fingerprint density at radius 3 is 2.84 bits per heavy atom. The van der Waals surface area contributed by atoms with Crippen LogP contribution in [-0.2, 0) is 27.4 Å². The van der Waals surface area contributed by atoms with Crippen molar-refractivity contribution in [2.45, 2.75) is 56.7 Å². The van der Waals surface area contributed by atoms with Gasteiger partial charge in [-0.1, -0.05) is 6.42 Å². The van der Waals surface area contributed by atoms with Crippen LogP contribution >= 0.6 is 0 Å². The second kappa shape index (κ2) is 10.2. The zero-order valence-electron chi connectivity index (χ0n) is 18.1. The second-order valence-electron chi connectivity index (χ2n) is 8.52. The molecule has 0 aromatic carbocycles. The maximum atomic E-state index is 13.3. The number of carboxylic acid groups (broad SMARTS) is 1. The van der Waals surface area contributed by atoms with Crippen molar-refractivity contribution in [1.82, 2.24) is 40.0 Å². The van der Waals surface area contributed by atoms with Gasteiger partial charge in [0, 0.05) is 45.1 Å². The predicted octanol–water partition coefficient (Wildman–Crippen LogP) is 0.258. The number of fused-ring (bicyclic) bond motifs is 1. The van der Waals surface area contributed by atoms with Crippen molar-refractivity contribution in [3.8, 4) is 0 Å². The lowest BCUT2D eigenvalue weighted by Crippen LogP contribution is -2.57. The number of carbonyl (C=O) groups excluding carboxylic acids is 1. The molecule has 1 unspecified atom stereocenters. The summed E-state index contributed by atoms with van der Waals surface area (Å²) in [4.78, 5) is 33.5. The highest BCUT2D eigenvalue weighted by Crippen LogP contribution is 2.33. The molecule has 2 aromatic rings. The first-order valence-corrected chi connectivity index (χ1v) is 11.1. The highest BCUT2D eigenvalue weighted by Gasteiger charge is 2.42. The number of hydrogen-bond acceptors (Lipinski definition) is 8. The van der Waals surface area contributed by atoms with E-state index < -0.39 is 0 Å². The van der Waals surface area contributed by atoms with E-state index in [2.05, 4.69) is 30.4 Å². The van der Waals surface area contributed by atoms with Crippen LogP contribution in [0.5, 0.6) is 0 Å².